The van der Waals surface area contributed by atoms with Crippen molar-refractivity contribution in [3.05, 3.63) is 11.8 Å². The fourth-order valence-corrected chi connectivity index (χ4v) is 2.62. The molecule has 1 aliphatic rings. The molecule has 2 radical (unpaired) electrons. The Labute approximate surface area is 98.4 Å². The van der Waals surface area contributed by atoms with Crippen molar-refractivity contribution in [1.29, 1.82) is 0 Å². The third kappa shape index (κ3) is 4.78. The van der Waals surface area contributed by atoms with Crippen molar-refractivity contribution in [2.75, 3.05) is 18.6 Å². The average molecular weight is 222 g/mol. The van der Waals surface area contributed by atoms with Gasteiger partial charge in [-0.2, -0.15) is 11.8 Å². The molecule has 0 spiro atoms. The van der Waals surface area contributed by atoms with E-state index < -0.39 is 0 Å². The number of aliphatic imine (C=N–C) groups is 1. The van der Waals surface area contributed by atoms with E-state index in [1.807, 2.05) is 31.1 Å². The molecule has 1 atom stereocenters. The van der Waals surface area contributed by atoms with Crippen LogP contribution >= 0.6 is 11.8 Å². The lowest BCUT2D eigenvalue weighted by Crippen LogP contribution is -2.29. The molecular formula is C11H19BN2S. The van der Waals surface area contributed by atoms with Gasteiger partial charge in [0.15, 0.2) is 0 Å². The van der Waals surface area contributed by atoms with Gasteiger partial charge < -0.3 is 5.32 Å². The van der Waals surface area contributed by atoms with E-state index in [1.54, 1.807) is 7.05 Å². The van der Waals surface area contributed by atoms with Crippen molar-refractivity contribution in [3.63, 3.8) is 0 Å². The van der Waals surface area contributed by atoms with E-state index in [2.05, 4.69) is 10.3 Å². The number of thioether (sulfide) groups is 1. The van der Waals surface area contributed by atoms with Crippen molar-refractivity contribution in [2.24, 2.45) is 4.99 Å². The Kier molecular flexibility index (Phi) is 5.92. The van der Waals surface area contributed by atoms with Crippen LogP contribution in [0, 0.1) is 0 Å². The van der Waals surface area contributed by atoms with Gasteiger partial charge in [-0.25, -0.2) is 0 Å². The normalized spacial score (nSPS) is 21.9. The van der Waals surface area contributed by atoms with Crippen molar-refractivity contribution in [2.45, 2.75) is 31.6 Å². The molecule has 2 nitrogen and oxygen atoms in total. The Morgan fingerprint density at radius 3 is 2.73 bits per heavy atom. The van der Waals surface area contributed by atoms with Crippen LogP contribution in [0.3, 0.4) is 0 Å². The summed E-state index contributed by atoms with van der Waals surface area (Å²) < 4.78 is 0. The molecule has 0 aromatic rings. The van der Waals surface area contributed by atoms with E-state index in [1.165, 1.54) is 24.3 Å². The monoisotopic (exact) mass is 222 g/mol. The smallest absolute Gasteiger partial charge is 0.0761 e. The zero-order valence-corrected chi connectivity index (χ0v) is 10.4. The summed E-state index contributed by atoms with van der Waals surface area (Å²) >= 11 is 2.04. The van der Waals surface area contributed by atoms with Crippen LogP contribution in [0.4, 0.5) is 0 Å². The molecule has 0 aromatic heterocycles. The highest BCUT2D eigenvalue weighted by molar-refractivity contribution is 7.99. The maximum atomic E-state index is 5.83. The number of hydrogen-bond acceptors (Lipinski definition) is 3. The third-order valence-electron chi connectivity index (χ3n) is 2.51. The Morgan fingerprint density at radius 2 is 2.20 bits per heavy atom. The summed E-state index contributed by atoms with van der Waals surface area (Å²) in [5, 5.41) is 3.44. The highest BCUT2D eigenvalue weighted by Gasteiger charge is 2.11. The molecule has 15 heavy (non-hydrogen) atoms. The molecular weight excluding hydrogens is 203 g/mol. The topological polar surface area (TPSA) is 24.4 Å². The van der Waals surface area contributed by atoms with Gasteiger partial charge in [0.25, 0.3) is 0 Å². The van der Waals surface area contributed by atoms with E-state index in [0.717, 1.165) is 5.57 Å². The fourth-order valence-electron chi connectivity index (χ4n) is 1.51. The van der Waals surface area contributed by atoms with Crippen molar-refractivity contribution >= 4 is 25.8 Å². The third-order valence-corrected chi connectivity index (χ3v) is 3.56. The van der Waals surface area contributed by atoms with Crippen LogP contribution < -0.4 is 5.32 Å². The lowest BCUT2D eigenvalue weighted by molar-refractivity contribution is 0.547. The molecule has 1 unspecified atom stereocenters. The molecule has 1 N–H and O–H groups in total. The van der Waals surface area contributed by atoms with Gasteiger partial charge in [0.2, 0.25) is 0 Å². The minimum atomic E-state index is 0.0409. The zero-order valence-electron chi connectivity index (χ0n) is 9.57. The second kappa shape index (κ2) is 6.99. The molecule has 1 saturated heterocycles. The maximum absolute atomic E-state index is 5.83. The van der Waals surface area contributed by atoms with Crippen LogP contribution in [0.15, 0.2) is 16.8 Å². The molecule has 1 heterocycles. The number of nitrogens with zero attached hydrogens (tertiary/aromatic N) is 1. The summed E-state index contributed by atoms with van der Waals surface area (Å²) in [6.07, 6.45) is 6.35. The highest BCUT2D eigenvalue weighted by Crippen LogP contribution is 2.17. The SMILES string of the molecule is [B]C(C)/C(C=NC)=C/NC1CCSCC1. The van der Waals surface area contributed by atoms with Gasteiger partial charge >= 0.3 is 0 Å². The molecule has 1 rings (SSSR count). The minimum absolute atomic E-state index is 0.0409. The summed E-state index contributed by atoms with van der Waals surface area (Å²) in [7, 11) is 7.61. The van der Waals surface area contributed by atoms with Crippen LogP contribution in [0.1, 0.15) is 19.8 Å². The van der Waals surface area contributed by atoms with Crippen LogP contribution in [0.2, 0.25) is 5.82 Å². The molecule has 0 aliphatic carbocycles. The van der Waals surface area contributed by atoms with E-state index in [4.69, 9.17) is 7.85 Å². The van der Waals surface area contributed by atoms with Gasteiger partial charge in [-0.3, -0.25) is 4.99 Å². The van der Waals surface area contributed by atoms with E-state index >= 15 is 0 Å². The molecule has 4 heteroatoms. The number of rotatable bonds is 4. The van der Waals surface area contributed by atoms with E-state index in [0.29, 0.717) is 6.04 Å². The summed E-state index contributed by atoms with van der Waals surface area (Å²) in [6, 6.07) is 0.616. The second-order valence-corrected chi connectivity index (χ2v) is 5.10. The van der Waals surface area contributed by atoms with Crippen LogP contribution in [-0.2, 0) is 0 Å². The predicted molar refractivity (Wildman–Crippen MR) is 71.2 cm³/mol. The van der Waals surface area contributed by atoms with Gasteiger partial charge in [-0.15, -0.1) is 0 Å². The largest absolute Gasteiger partial charge is 0.388 e. The molecule has 1 aliphatic heterocycles. The predicted octanol–water partition coefficient (Wildman–Crippen LogP) is 2.03. The molecule has 0 amide bonds. The first-order chi connectivity index (χ1) is 7.24. The van der Waals surface area contributed by atoms with Crippen LogP contribution in [-0.4, -0.2) is 38.7 Å². The number of allylic oxidation sites excluding steroid dienone is 1. The lowest BCUT2D eigenvalue weighted by Gasteiger charge is -2.22. The summed E-state index contributed by atoms with van der Waals surface area (Å²) in [5.74, 6) is 2.57. The summed E-state index contributed by atoms with van der Waals surface area (Å²) in [5.41, 5.74) is 1.07. The minimum Gasteiger partial charge on any atom is -0.388 e. The van der Waals surface area contributed by atoms with Crippen LogP contribution in [0.25, 0.3) is 0 Å². The summed E-state index contributed by atoms with van der Waals surface area (Å²) in [6.45, 7) is 1.98. The maximum Gasteiger partial charge on any atom is 0.0761 e. The van der Waals surface area contributed by atoms with Crippen molar-refractivity contribution in [3.8, 4) is 0 Å². The van der Waals surface area contributed by atoms with Gasteiger partial charge in [-0.05, 0) is 29.9 Å². The van der Waals surface area contributed by atoms with E-state index in [9.17, 15) is 0 Å². The lowest BCUT2D eigenvalue weighted by atomic mass is 9.83. The molecule has 1 fully saturated rings. The molecule has 0 bridgehead atoms. The van der Waals surface area contributed by atoms with Gasteiger partial charge in [0, 0.05) is 25.5 Å². The first-order valence-electron chi connectivity index (χ1n) is 5.45. The van der Waals surface area contributed by atoms with Gasteiger partial charge in [-0.1, -0.05) is 12.7 Å². The quantitative estimate of drug-likeness (QED) is 0.581. The first-order valence-corrected chi connectivity index (χ1v) is 6.61. The Balaban J connectivity index is 2.44. The van der Waals surface area contributed by atoms with E-state index in [-0.39, 0.29) is 5.82 Å². The fraction of sp³-hybridized carbons (Fsp3) is 0.727. The van der Waals surface area contributed by atoms with Gasteiger partial charge in [0.05, 0.1) is 7.85 Å². The number of nitrogens with one attached hydrogen (secondary N) is 1. The first kappa shape index (κ1) is 12.7. The van der Waals surface area contributed by atoms with Crippen LogP contribution in [0.5, 0.6) is 0 Å². The Morgan fingerprint density at radius 1 is 1.53 bits per heavy atom. The Hall–Kier alpha value is -0.375. The summed E-state index contributed by atoms with van der Waals surface area (Å²) in [4.78, 5) is 4.00. The standard InChI is InChI=1S/C11H19BN2S/c1-9(12)10(7-13-2)8-14-11-3-5-15-6-4-11/h7-9,11,14H,3-6H2,1-2H3/b10-8+,13-7?. The average Bonchev–Trinajstić information content (AvgIpc) is 2.25. The highest BCUT2D eigenvalue weighted by atomic mass is 32.2. The second-order valence-electron chi connectivity index (χ2n) is 3.87. The van der Waals surface area contributed by atoms with Gasteiger partial charge in [0.1, 0.15) is 0 Å². The molecule has 0 saturated carbocycles. The zero-order chi connectivity index (χ0) is 11.1. The van der Waals surface area contributed by atoms with Crippen molar-refractivity contribution in [1.82, 2.24) is 5.32 Å². The Bertz CT molecular complexity index is 233. The number of hydrogen-bond donors (Lipinski definition) is 1. The molecule has 0 aromatic carbocycles. The van der Waals surface area contributed by atoms with Crippen molar-refractivity contribution < 1.29 is 0 Å². The molecule has 82 valence electrons.